The average Bonchev–Trinajstić information content (AvgIpc) is 2.99. The van der Waals surface area contributed by atoms with Crippen LogP contribution in [0.2, 0.25) is 0 Å². The minimum Gasteiger partial charge on any atom is -0.493 e. The minimum atomic E-state index is -3.03. The maximum absolute atomic E-state index is 17.0. The van der Waals surface area contributed by atoms with Crippen molar-refractivity contribution in [1.82, 2.24) is 4.90 Å². The van der Waals surface area contributed by atoms with E-state index in [4.69, 9.17) is 9.47 Å². The van der Waals surface area contributed by atoms with Crippen LogP contribution >= 0.6 is 0 Å². The van der Waals surface area contributed by atoms with Crippen molar-refractivity contribution in [3.63, 3.8) is 0 Å². The maximum atomic E-state index is 17.0. The van der Waals surface area contributed by atoms with Crippen molar-refractivity contribution in [2.75, 3.05) is 20.2 Å². The van der Waals surface area contributed by atoms with Crippen LogP contribution in [0.1, 0.15) is 49.7 Å². The number of methoxy groups -OCH3 is 1. The average molecular weight is 393 g/mol. The number of alkyl halides is 3. The largest absolute Gasteiger partial charge is 0.493 e. The van der Waals surface area contributed by atoms with E-state index in [9.17, 15) is 0 Å². The molecule has 0 unspecified atom stereocenters. The van der Waals surface area contributed by atoms with Gasteiger partial charge in [-0.25, -0.2) is 13.2 Å². The van der Waals surface area contributed by atoms with Crippen LogP contribution in [-0.2, 0) is 11.8 Å². The fourth-order valence-corrected chi connectivity index (χ4v) is 6.88. The minimum absolute atomic E-state index is 0.0955. The van der Waals surface area contributed by atoms with Crippen molar-refractivity contribution >= 4 is 0 Å². The van der Waals surface area contributed by atoms with Crippen LogP contribution in [0.3, 0.4) is 0 Å². The van der Waals surface area contributed by atoms with Gasteiger partial charge in [0, 0.05) is 24.6 Å². The second-order valence-electron chi connectivity index (χ2n) is 9.49. The topological polar surface area (TPSA) is 21.7 Å². The van der Waals surface area contributed by atoms with E-state index < -0.39 is 29.5 Å². The maximum Gasteiger partial charge on any atom is 0.285 e. The normalized spacial score (nSPS) is 40.4. The molecule has 2 aliphatic heterocycles. The molecule has 2 saturated carbocycles. The first-order valence-electron chi connectivity index (χ1n) is 10.6. The number of ether oxygens (including phenoxy) is 2. The Kier molecular flexibility index (Phi) is 3.35. The molecule has 6 rings (SSSR count). The lowest BCUT2D eigenvalue weighted by atomic mass is 9.49. The van der Waals surface area contributed by atoms with Crippen LogP contribution in [0.5, 0.6) is 11.5 Å². The molecule has 4 atom stereocenters. The lowest BCUT2D eigenvalue weighted by Gasteiger charge is -2.62. The van der Waals surface area contributed by atoms with Gasteiger partial charge in [0.1, 0.15) is 5.67 Å². The smallest absolute Gasteiger partial charge is 0.285 e. The molecule has 3 fully saturated rings. The second-order valence-corrected chi connectivity index (χ2v) is 9.49. The molecule has 3 aliphatic carbocycles. The number of benzene rings is 1. The Labute approximate surface area is 163 Å². The molecule has 152 valence electrons. The van der Waals surface area contributed by atoms with Gasteiger partial charge in [0.15, 0.2) is 17.6 Å². The summed E-state index contributed by atoms with van der Waals surface area (Å²) in [5.41, 5.74) is -1.29. The van der Waals surface area contributed by atoms with Crippen molar-refractivity contribution < 1.29 is 22.6 Å². The molecular weight excluding hydrogens is 367 g/mol. The molecule has 28 heavy (non-hydrogen) atoms. The predicted molar refractivity (Wildman–Crippen MR) is 98.1 cm³/mol. The Bertz CT molecular complexity index is 841. The standard InChI is InChI=1S/C22H26F3NO2/c1-27-15-6-5-14-11-16-21(23)7-8-22(24,25)19-20(21,17(14)18(15)28-19)9-10-26(16)12-13-3-2-4-13/h5-6,13,16,19H,2-4,7-12H2,1H3/t16-,19-,20+,21-/m1/s1. The van der Waals surface area contributed by atoms with Crippen molar-refractivity contribution in [1.29, 1.82) is 0 Å². The molecule has 5 aliphatic rings. The molecule has 0 radical (unpaired) electrons. The Hall–Kier alpha value is -1.43. The van der Waals surface area contributed by atoms with E-state index in [2.05, 4.69) is 4.90 Å². The molecule has 1 spiro atoms. The Morgan fingerprint density at radius 2 is 2.00 bits per heavy atom. The van der Waals surface area contributed by atoms with Gasteiger partial charge in [-0.1, -0.05) is 12.5 Å². The van der Waals surface area contributed by atoms with Crippen molar-refractivity contribution in [3.8, 4) is 11.5 Å². The van der Waals surface area contributed by atoms with Crippen LogP contribution in [0, 0.1) is 5.92 Å². The van der Waals surface area contributed by atoms with Gasteiger partial charge < -0.3 is 9.47 Å². The first kappa shape index (κ1) is 17.4. The van der Waals surface area contributed by atoms with Gasteiger partial charge in [0.25, 0.3) is 5.92 Å². The quantitative estimate of drug-likeness (QED) is 0.766. The highest BCUT2D eigenvalue weighted by Crippen LogP contribution is 2.69. The number of hydrogen-bond acceptors (Lipinski definition) is 3. The van der Waals surface area contributed by atoms with Crippen LogP contribution < -0.4 is 9.47 Å². The molecule has 2 bridgehead atoms. The molecule has 1 saturated heterocycles. The van der Waals surface area contributed by atoms with Gasteiger partial charge in [-0.3, -0.25) is 4.90 Å². The first-order valence-corrected chi connectivity index (χ1v) is 10.6. The molecule has 0 N–H and O–H groups in total. The Morgan fingerprint density at radius 3 is 2.71 bits per heavy atom. The molecule has 2 heterocycles. The number of nitrogens with zero attached hydrogens (tertiary/aromatic N) is 1. The third-order valence-corrected chi connectivity index (χ3v) is 8.40. The molecule has 3 nitrogen and oxygen atoms in total. The number of halogens is 3. The van der Waals surface area contributed by atoms with E-state index in [-0.39, 0.29) is 12.5 Å². The lowest BCUT2D eigenvalue weighted by Crippen LogP contribution is -2.76. The van der Waals surface area contributed by atoms with Crippen LogP contribution in [0.4, 0.5) is 13.2 Å². The van der Waals surface area contributed by atoms with Gasteiger partial charge in [-0.2, -0.15) is 0 Å². The van der Waals surface area contributed by atoms with Crippen molar-refractivity contribution in [2.24, 2.45) is 5.92 Å². The molecule has 6 heteroatoms. The summed E-state index contributed by atoms with van der Waals surface area (Å²) < 4.78 is 58.4. The zero-order valence-corrected chi connectivity index (χ0v) is 16.1. The molecular formula is C22H26F3NO2. The first-order chi connectivity index (χ1) is 13.4. The van der Waals surface area contributed by atoms with Crippen LogP contribution in [0.15, 0.2) is 12.1 Å². The molecule has 0 amide bonds. The van der Waals surface area contributed by atoms with Crippen molar-refractivity contribution in [3.05, 3.63) is 23.3 Å². The van der Waals surface area contributed by atoms with E-state index in [1.54, 1.807) is 6.07 Å². The van der Waals surface area contributed by atoms with E-state index in [0.29, 0.717) is 42.4 Å². The SMILES string of the molecule is COc1ccc2c3c1O[C@H]1C(F)(F)CC[C@@]4(F)[C@@H](C2)N(CC2CCC2)CC[C@]314. The summed E-state index contributed by atoms with van der Waals surface area (Å²) in [4.78, 5) is 2.28. The number of rotatable bonds is 3. The third-order valence-electron chi connectivity index (χ3n) is 8.40. The summed E-state index contributed by atoms with van der Waals surface area (Å²) in [5, 5.41) is 0. The van der Waals surface area contributed by atoms with E-state index in [1.807, 2.05) is 6.07 Å². The summed E-state index contributed by atoms with van der Waals surface area (Å²) in [6.07, 6.45) is 2.64. The number of likely N-dealkylation sites (tertiary alicyclic amines) is 1. The fourth-order valence-electron chi connectivity index (χ4n) is 6.88. The van der Waals surface area contributed by atoms with Crippen LogP contribution in [-0.4, -0.2) is 48.8 Å². The second kappa shape index (κ2) is 5.38. The van der Waals surface area contributed by atoms with Gasteiger partial charge >= 0.3 is 0 Å². The van der Waals surface area contributed by atoms with E-state index in [1.165, 1.54) is 26.4 Å². The van der Waals surface area contributed by atoms with Gasteiger partial charge in [-0.15, -0.1) is 0 Å². The highest BCUT2D eigenvalue weighted by atomic mass is 19.3. The van der Waals surface area contributed by atoms with E-state index >= 15 is 13.2 Å². The zero-order valence-electron chi connectivity index (χ0n) is 16.1. The fraction of sp³-hybridized carbons (Fsp3) is 0.727. The van der Waals surface area contributed by atoms with Gasteiger partial charge in [-0.05, 0) is 56.2 Å². The molecule has 0 aromatic heterocycles. The lowest BCUT2D eigenvalue weighted by molar-refractivity contribution is -0.223. The predicted octanol–water partition coefficient (Wildman–Crippen LogP) is 4.26. The van der Waals surface area contributed by atoms with Gasteiger partial charge in [0.05, 0.1) is 12.5 Å². The Balaban J connectivity index is 1.53. The number of hydrogen-bond donors (Lipinski definition) is 0. The summed E-state index contributed by atoms with van der Waals surface area (Å²) in [6.45, 7) is 1.56. The molecule has 1 aromatic rings. The van der Waals surface area contributed by atoms with Gasteiger partial charge in [0.2, 0.25) is 0 Å². The summed E-state index contributed by atoms with van der Waals surface area (Å²) in [7, 11) is 1.51. The van der Waals surface area contributed by atoms with Crippen LogP contribution in [0.25, 0.3) is 0 Å². The summed E-state index contributed by atoms with van der Waals surface area (Å²) in [5.74, 6) is -1.60. The third kappa shape index (κ3) is 1.86. The summed E-state index contributed by atoms with van der Waals surface area (Å²) >= 11 is 0. The summed E-state index contributed by atoms with van der Waals surface area (Å²) in [6, 6.07) is 3.39. The highest BCUT2D eigenvalue weighted by molar-refractivity contribution is 5.63. The van der Waals surface area contributed by atoms with E-state index in [0.717, 1.165) is 12.1 Å². The molecule has 1 aromatic carbocycles. The highest BCUT2D eigenvalue weighted by Gasteiger charge is 2.78. The van der Waals surface area contributed by atoms with Crippen molar-refractivity contribution in [2.45, 2.75) is 74.1 Å². The Morgan fingerprint density at radius 1 is 1.18 bits per heavy atom. The zero-order chi connectivity index (χ0) is 19.3. The number of piperidine rings is 1. The monoisotopic (exact) mass is 393 g/mol.